The van der Waals surface area contributed by atoms with E-state index in [0.29, 0.717) is 16.5 Å². The Kier molecular flexibility index (Phi) is 3.94. The highest BCUT2D eigenvalue weighted by Gasteiger charge is 2.65. The number of benzene rings is 2. The average molecular weight is 441 g/mol. The van der Waals surface area contributed by atoms with Crippen LogP contribution in [-0.2, 0) is 0 Å². The maximum Gasteiger partial charge on any atom is 0.310 e. The van der Waals surface area contributed by atoms with Crippen LogP contribution in [0, 0.1) is 0 Å². The third-order valence-electron chi connectivity index (χ3n) is 4.09. The molecular formula is C18H12F5N5OS. The van der Waals surface area contributed by atoms with Gasteiger partial charge < -0.3 is 10.5 Å². The molecule has 0 unspecified atom stereocenters. The zero-order valence-corrected chi connectivity index (χ0v) is 15.7. The Morgan fingerprint density at radius 3 is 2.20 bits per heavy atom. The van der Waals surface area contributed by atoms with Crippen LogP contribution in [0.2, 0.25) is 0 Å². The number of fused-ring (bicyclic) bond motifs is 1. The lowest BCUT2D eigenvalue weighted by Gasteiger charge is -2.40. The van der Waals surface area contributed by atoms with Crippen LogP contribution in [0.3, 0.4) is 0 Å². The highest BCUT2D eigenvalue weighted by molar-refractivity contribution is 8.45. The van der Waals surface area contributed by atoms with Gasteiger partial charge in [0.05, 0.1) is 5.52 Å². The van der Waals surface area contributed by atoms with Gasteiger partial charge in [0, 0.05) is 23.3 Å². The Morgan fingerprint density at radius 1 is 0.800 bits per heavy atom. The number of anilines is 1. The lowest BCUT2D eigenvalue weighted by molar-refractivity contribution is 0.363. The van der Waals surface area contributed by atoms with E-state index in [1.54, 1.807) is 18.2 Å². The molecular weight excluding hydrogens is 429 g/mol. The van der Waals surface area contributed by atoms with Crippen LogP contribution >= 0.6 is 10.2 Å². The molecule has 2 N–H and O–H groups in total. The summed E-state index contributed by atoms with van der Waals surface area (Å²) >= 11 is 0. The van der Waals surface area contributed by atoms with Crippen molar-refractivity contribution in [3.05, 3.63) is 61.2 Å². The van der Waals surface area contributed by atoms with Gasteiger partial charge in [-0.15, -0.1) is 0 Å². The van der Waals surface area contributed by atoms with Crippen molar-refractivity contribution in [2.45, 2.75) is 4.90 Å². The summed E-state index contributed by atoms with van der Waals surface area (Å²) in [5, 5.41) is 0.562. The lowest BCUT2D eigenvalue weighted by Crippen LogP contribution is -2.05. The lowest BCUT2D eigenvalue weighted by atomic mass is 10.1. The van der Waals surface area contributed by atoms with Crippen LogP contribution < -0.4 is 10.5 Å². The number of nitrogen functional groups attached to an aromatic ring is 1. The summed E-state index contributed by atoms with van der Waals surface area (Å²) in [7, 11) is -9.76. The third-order valence-corrected chi connectivity index (χ3v) is 5.25. The molecule has 0 aliphatic heterocycles. The van der Waals surface area contributed by atoms with E-state index in [1.165, 1.54) is 18.7 Å². The predicted molar refractivity (Wildman–Crippen MR) is 103 cm³/mol. The minimum atomic E-state index is -9.76. The minimum Gasteiger partial charge on any atom is -0.437 e. The van der Waals surface area contributed by atoms with Gasteiger partial charge in [-0.3, -0.25) is 0 Å². The normalized spacial score (nSPS) is 14.2. The number of nitrogens with zero attached hydrogens (tertiary/aromatic N) is 4. The fraction of sp³-hybridized carbons (Fsp3) is 0. The molecule has 2 heterocycles. The second-order valence-corrected chi connectivity index (χ2v) is 8.65. The molecule has 0 spiro atoms. The van der Waals surface area contributed by atoms with E-state index >= 15 is 0 Å². The summed E-state index contributed by atoms with van der Waals surface area (Å²) in [6.07, 6.45) is 4.04. The van der Waals surface area contributed by atoms with E-state index in [-0.39, 0.29) is 35.3 Å². The molecule has 0 amide bonds. The van der Waals surface area contributed by atoms with Gasteiger partial charge in [-0.25, -0.2) is 19.9 Å². The minimum absolute atomic E-state index is 0.0349. The van der Waals surface area contributed by atoms with Crippen LogP contribution in [0.5, 0.6) is 11.6 Å². The molecule has 0 bridgehead atoms. The van der Waals surface area contributed by atoms with Gasteiger partial charge in [0.25, 0.3) is 0 Å². The highest BCUT2D eigenvalue weighted by atomic mass is 32.5. The van der Waals surface area contributed by atoms with E-state index in [2.05, 4.69) is 19.9 Å². The van der Waals surface area contributed by atoms with E-state index < -0.39 is 15.1 Å². The highest BCUT2D eigenvalue weighted by Crippen LogP contribution is 3.02. The standard InChI is InChI=1S/C18H12F5N5OS/c19-30(20,21,22,23)13-4-2-12(3-5-13)29-18-16(25-7-8-26-18)11-1-6-15-14(9-11)17(24)28-10-27-15/h1-10H,(H2,24,27,28). The van der Waals surface area contributed by atoms with E-state index in [1.807, 2.05) is 0 Å². The molecule has 2 aromatic heterocycles. The smallest absolute Gasteiger partial charge is 0.310 e. The first-order valence-corrected chi connectivity index (χ1v) is 10.2. The Labute approximate surface area is 166 Å². The van der Waals surface area contributed by atoms with Crippen molar-refractivity contribution in [2.24, 2.45) is 0 Å². The zero-order chi connectivity index (χ0) is 21.6. The van der Waals surface area contributed by atoms with Crippen molar-refractivity contribution in [3.63, 3.8) is 0 Å². The first-order chi connectivity index (χ1) is 13.9. The summed E-state index contributed by atoms with van der Waals surface area (Å²) < 4.78 is 69.8. The Hall–Kier alpha value is -3.54. The molecule has 4 rings (SSSR count). The van der Waals surface area contributed by atoms with Gasteiger partial charge in [0.2, 0.25) is 5.88 Å². The monoisotopic (exact) mass is 441 g/mol. The molecule has 30 heavy (non-hydrogen) atoms. The molecule has 12 heteroatoms. The second kappa shape index (κ2) is 5.98. The Balaban J connectivity index is 1.71. The van der Waals surface area contributed by atoms with Gasteiger partial charge in [-0.05, 0) is 36.4 Å². The zero-order valence-electron chi connectivity index (χ0n) is 14.8. The Morgan fingerprint density at radius 2 is 1.50 bits per heavy atom. The van der Waals surface area contributed by atoms with Crippen molar-refractivity contribution in [1.82, 2.24) is 19.9 Å². The number of hydrogen-bond donors (Lipinski definition) is 1. The van der Waals surface area contributed by atoms with Crippen molar-refractivity contribution in [3.8, 4) is 22.9 Å². The molecule has 0 saturated heterocycles. The first-order valence-electron chi connectivity index (χ1n) is 8.24. The largest absolute Gasteiger partial charge is 0.437 e. The topological polar surface area (TPSA) is 86.8 Å². The molecule has 6 nitrogen and oxygen atoms in total. The van der Waals surface area contributed by atoms with Gasteiger partial charge in [-0.1, -0.05) is 25.5 Å². The summed E-state index contributed by atoms with van der Waals surface area (Å²) in [5.74, 6) is 0.0955. The predicted octanol–water partition coefficient (Wildman–Crippen LogP) is 6.12. The second-order valence-electron chi connectivity index (χ2n) is 6.24. The maximum atomic E-state index is 12.9. The molecule has 0 fully saturated rings. The van der Waals surface area contributed by atoms with Crippen molar-refractivity contribution >= 4 is 26.9 Å². The van der Waals surface area contributed by atoms with Crippen LogP contribution in [0.1, 0.15) is 0 Å². The van der Waals surface area contributed by atoms with E-state index in [4.69, 9.17) is 10.5 Å². The van der Waals surface area contributed by atoms with Crippen LogP contribution in [0.25, 0.3) is 22.2 Å². The first kappa shape index (κ1) is 19.8. The maximum absolute atomic E-state index is 12.9. The number of ether oxygens (including phenoxy) is 1. The molecule has 0 atom stereocenters. The number of rotatable bonds is 4. The quantitative estimate of drug-likeness (QED) is 0.384. The van der Waals surface area contributed by atoms with Crippen LogP contribution in [-0.4, -0.2) is 19.9 Å². The molecule has 0 aliphatic rings. The van der Waals surface area contributed by atoms with E-state index in [0.717, 1.165) is 12.1 Å². The summed E-state index contributed by atoms with van der Waals surface area (Å²) in [6, 6.07) is 7.14. The number of halogens is 5. The third kappa shape index (κ3) is 3.94. The van der Waals surface area contributed by atoms with Crippen molar-refractivity contribution in [1.29, 1.82) is 0 Å². The summed E-state index contributed by atoms with van der Waals surface area (Å²) in [6.45, 7) is 0. The molecule has 156 valence electrons. The van der Waals surface area contributed by atoms with Crippen LogP contribution in [0.4, 0.5) is 25.2 Å². The number of nitrogens with two attached hydrogens (primary N) is 1. The fourth-order valence-corrected chi connectivity index (χ4v) is 3.35. The van der Waals surface area contributed by atoms with Gasteiger partial charge in [0.15, 0.2) is 0 Å². The van der Waals surface area contributed by atoms with Gasteiger partial charge in [0.1, 0.15) is 28.5 Å². The molecule has 0 saturated carbocycles. The van der Waals surface area contributed by atoms with Crippen molar-refractivity contribution < 1.29 is 24.2 Å². The van der Waals surface area contributed by atoms with Crippen molar-refractivity contribution in [2.75, 3.05) is 5.73 Å². The van der Waals surface area contributed by atoms with E-state index in [9.17, 15) is 19.4 Å². The molecule has 2 aromatic carbocycles. The van der Waals surface area contributed by atoms with Gasteiger partial charge >= 0.3 is 10.2 Å². The van der Waals surface area contributed by atoms with Crippen LogP contribution in [0.15, 0.2) is 66.1 Å². The SMILES string of the molecule is Nc1ncnc2ccc(-c3nccnc3Oc3ccc(S(F)(F)(F)(F)F)cc3)cc12. The summed E-state index contributed by atoms with van der Waals surface area (Å²) in [4.78, 5) is 14.2. The molecule has 4 aromatic rings. The Bertz CT molecular complexity index is 1270. The number of hydrogen-bond acceptors (Lipinski definition) is 6. The number of aromatic nitrogens is 4. The van der Waals surface area contributed by atoms with Gasteiger partial charge in [-0.2, -0.15) is 0 Å². The molecule has 0 radical (unpaired) electrons. The molecule has 0 aliphatic carbocycles. The summed E-state index contributed by atoms with van der Waals surface area (Å²) in [5.41, 5.74) is 7.27. The average Bonchev–Trinajstić information content (AvgIpc) is 2.67. The fourth-order valence-electron chi connectivity index (χ4n) is 2.70.